The minimum Gasteiger partial charge on any atom is -0.366 e. The second-order valence-electron chi connectivity index (χ2n) is 10.9. The summed E-state index contributed by atoms with van der Waals surface area (Å²) in [7, 11) is -3.99. The number of hydrogen-bond acceptors (Lipinski definition) is 7. The molecule has 2 fully saturated rings. The van der Waals surface area contributed by atoms with Crippen LogP contribution < -0.4 is 15.1 Å². The molecule has 0 bridgehead atoms. The van der Waals surface area contributed by atoms with E-state index in [0.29, 0.717) is 67.1 Å². The van der Waals surface area contributed by atoms with E-state index in [1.54, 1.807) is 30.3 Å². The maximum Gasteiger partial charge on any atom is 0.243 e. The molecule has 2 aliphatic rings. The van der Waals surface area contributed by atoms with Gasteiger partial charge in [0.05, 0.1) is 28.5 Å². The van der Waals surface area contributed by atoms with Crippen LogP contribution in [0, 0.1) is 11.6 Å². The summed E-state index contributed by atoms with van der Waals surface area (Å²) >= 11 is 6.11. The minimum atomic E-state index is -3.99. The first-order valence-electron chi connectivity index (χ1n) is 14.6. The summed E-state index contributed by atoms with van der Waals surface area (Å²) < 4.78 is 55.5. The average molecular weight is 653 g/mol. The van der Waals surface area contributed by atoms with Gasteiger partial charge in [-0.1, -0.05) is 35.9 Å². The summed E-state index contributed by atoms with van der Waals surface area (Å²) in [6.45, 7) is 2.49. The summed E-state index contributed by atoms with van der Waals surface area (Å²) in [5, 5.41) is 3.46. The van der Waals surface area contributed by atoms with Crippen LogP contribution in [0.25, 0.3) is 11.3 Å². The van der Waals surface area contributed by atoms with Crippen LogP contribution in [0.4, 0.5) is 20.4 Å². The maximum absolute atomic E-state index is 14.4. The van der Waals surface area contributed by atoms with E-state index >= 15 is 0 Å². The number of amides is 1. The van der Waals surface area contributed by atoms with Gasteiger partial charge in [0.1, 0.15) is 17.7 Å². The number of nitrogens with one attached hydrogen (secondary N) is 1. The molecule has 6 rings (SSSR count). The van der Waals surface area contributed by atoms with Gasteiger partial charge in [0.15, 0.2) is 0 Å². The molecule has 1 unspecified atom stereocenters. The first-order valence-corrected chi connectivity index (χ1v) is 16.4. The van der Waals surface area contributed by atoms with Crippen LogP contribution in [0.5, 0.6) is 0 Å². The van der Waals surface area contributed by atoms with E-state index in [-0.39, 0.29) is 23.8 Å². The molecule has 1 amide bonds. The van der Waals surface area contributed by atoms with Crippen molar-refractivity contribution < 1.29 is 22.0 Å². The van der Waals surface area contributed by atoms with Crippen LogP contribution >= 0.6 is 11.6 Å². The third kappa shape index (κ3) is 6.77. The van der Waals surface area contributed by atoms with Crippen molar-refractivity contribution in [3.63, 3.8) is 0 Å². The second kappa shape index (κ2) is 13.1. The zero-order valence-electron chi connectivity index (χ0n) is 24.2. The maximum atomic E-state index is 14.4. The average Bonchev–Trinajstić information content (AvgIpc) is 3.56. The number of nitrogens with zero attached hydrogens (tertiary/aromatic N) is 5. The molecule has 4 aromatic rings. The van der Waals surface area contributed by atoms with Crippen LogP contribution in [0.15, 0.2) is 83.8 Å². The fourth-order valence-corrected chi connectivity index (χ4v) is 7.45. The molecular formula is C32H31ClF2N6O3S. The molecule has 2 saturated heterocycles. The number of benzene rings is 3. The van der Waals surface area contributed by atoms with Gasteiger partial charge in [0, 0.05) is 43.3 Å². The topological polar surface area (TPSA) is 98.7 Å². The fourth-order valence-electron chi connectivity index (χ4n) is 5.67. The number of anilines is 2. The molecule has 3 aromatic carbocycles. The Hall–Kier alpha value is -4.13. The largest absolute Gasteiger partial charge is 0.366 e. The van der Waals surface area contributed by atoms with Crippen molar-refractivity contribution in [2.75, 3.05) is 42.5 Å². The van der Waals surface area contributed by atoms with Crippen LogP contribution in [0.3, 0.4) is 0 Å². The second-order valence-corrected chi connectivity index (χ2v) is 13.2. The first kappa shape index (κ1) is 30.9. The molecule has 1 atom stereocenters. The van der Waals surface area contributed by atoms with E-state index in [2.05, 4.69) is 5.32 Å². The zero-order valence-corrected chi connectivity index (χ0v) is 25.8. The third-order valence-corrected chi connectivity index (χ3v) is 10.2. The number of carbonyl (C=O) groups excluding carboxylic acids is 1. The number of rotatable bonds is 8. The summed E-state index contributed by atoms with van der Waals surface area (Å²) in [5.74, 6) is -0.777. The number of sulfonamides is 1. The van der Waals surface area contributed by atoms with Gasteiger partial charge in [-0.2, -0.15) is 4.31 Å². The Labute approximate surface area is 265 Å². The van der Waals surface area contributed by atoms with Gasteiger partial charge in [-0.3, -0.25) is 4.79 Å². The Morgan fingerprint density at radius 2 is 1.58 bits per heavy atom. The Morgan fingerprint density at radius 1 is 0.889 bits per heavy atom. The number of halogens is 3. The molecule has 0 aliphatic carbocycles. The number of hydrogen-bond donors (Lipinski definition) is 1. The lowest BCUT2D eigenvalue weighted by molar-refractivity contribution is -0.124. The fraction of sp³-hybridized carbons (Fsp3) is 0.281. The minimum absolute atomic E-state index is 0.0467. The molecule has 45 heavy (non-hydrogen) atoms. The summed E-state index contributed by atoms with van der Waals surface area (Å²) in [6, 6.07) is 19.4. The highest BCUT2D eigenvalue weighted by Crippen LogP contribution is 2.28. The number of para-hydroxylation sites is 1. The molecule has 1 N–H and O–H groups in total. The molecule has 3 heterocycles. The van der Waals surface area contributed by atoms with Crippen molar-refractivity contribution in [3.8, 4) is 11.3 Å². The van der Waals surface area contributed by atoms with Crippen molar-refractivity contribution in [3.05, 3.63) is 101 Å². The van der Waals surface area contributed by atoms with E-state index in [0.717, 1.165) is 17.7 Å². The lowest BCUT2D eigenvalue weighted by atomic mass is 10.1. The van der Waals surface area contributed by atoms with Crippen molar-refractivity contribution in [1.82, 2.24) is 19.6 Å². The molecule has 13 heteroatoms. The van der Waals surface area contributed by atoms with E-state index in [1.807, 2.05) is 28.0 Å². The van der Waals surface area contributed by atoms with Gasteiger partial charge < -0.3 is 15.1 Å². The predicted octanol–water partition coefficient (Wildman–Crippen LogP) is 4.87. The van der Waals surface area contributed by atoms with Crippen LogP contribution in [0.1, 0.15) is 18.5 Å². The number of aromatic nitrogens is 2. The quantitative estimate of drug-likeness (QED) is 0.290. The molecule has 234 valence electrons. The van der Waals surface area contributed by atoms with Crippen molar-refractivity contribution >= 4 is 39.2 Å². The standard InChI is InChI=1S/C32H31ClF2N6O3S/c33-23-9-7-22(8-10-23)28-20-25(37-32(38-28)40-18-16-39(17-19-40)29-5-2-1-4-27(29)35)21-36-31(42)30-6-3-15-41(30)45(43,44)26-13-11-24(34)12-14-26/h1-2,4-5,7-14,20,30H,3,6,15-19,21H2,(H,36,42). The Bertz CT molecular complexity index is 1790. The van der Waals surface area contributed by atoms with Gasteiger partial charge in [-0.05, 0) is 67.4 Å². The van der Waals surface area contributed by atoms with Gasteiger partial charge in [-0.15, -0.1) is 0 Å². The number of piperazine rings is 1. The Morgan fingerprint density at radius 3 is 2.29 bits per heavy atom. The summed E-state index contributed by atoms with van der Waals surface area (Å²) in [4.78, 5) is 26.9. The smallest absolute Gasteiger partial charge is 0.243 e. The Balaban J connectivity index is 1.20. The van der Waals surface area contributed by atoms with E-state index in [4.69, 9.17) is 21.6 Å². The lowest BCUT2D eigenvalue weighted by Gasteiger charge is -2.36. The summed E-state index contributed by atoms with van der Waals surface area (Å²) in [5.41, 5.74) is 2.55. The monoisotopic (exact) mass is 652 g/mol. The van der Waals surface area contributed by atoms with Gasteiger partial charge in [0.25, 0.3) is 0 Å². The molecule has 0 saturated carbocycles. The molecule has 0 radical (unpaired) electrons. The van der Waals surface area contributed by atoms with E-state index < -0.39 is 27.8 Å². The highest BCUT2D eigenvalue weighted by molar-refractivity contribution is 7.89. The molecule has 9 nitrogen and oxygen atoms in total. The van der Waals surface area contributed by atoms with Crippen LogP contribution in [-0.4, -0.2) is 67.4 Å². The normalized spacial score (nSPS) is 17.4. The predicted molar refractivity (Wildman–Crippen MR) is 168 cm³/mol. The first-order chi connectivity index (χ1) is 21.7. The van der Waals surface area contributed by atoms with Crippen LogP contribution in [-0.2, 0) is 21.4 Å². The summed E-state index contributed by atoms with van der Waals surface area (Å²) in [6.07, 6.45) is 0.888. The van der Waals surface area contributed by atoms with E-state index in [1.165, 1.54) is 22.5 Å². The highest BCUT2D eigenvalue weighted by atomic mass is 35.5. The van der Waals surface area contributed by atoms with E-state index in [9.17, 15) is 22.0 Å². The zero-order chi connectivity index (χ0) is 31.6. The van der Waals surface area contributed by atoms with Crippen molar-refractivity contribution in [1.29, 1.82) is 0 Å². The van der Waals surface area contributed by atoms with Gasteiger partial charge in [0.2, 0.25) is 21.9 Å². The Kier molecular flexibility index (Phi) is 8.97. The molecule has 0 spiro atoms. The number of carbonyl (C=O) groups is 1. The molecule has 2 aliphatic heterocycles. The van der Waals surface area contributed by atoms with Gasteiger partial charge in [-0.25, -0.2) is 27.2 Å². The van der Waals surface area contributed by atoms with Crippen LogP contribution in [0.2, 0.25) is 5.02 Å². The lowest BCUT2D eigenvalue weighted by Crippen LogP contribution is -2.47. The van der Waals surface area contributed by atoms with Crippen molar-refractivity contribution in [2.24, 2.45) is 0 Å². The SMILES string of the molecule is O=C(NCc1cc(-c2ccc(Cl)cc2)nc(N2CCN(c3ccccc3F)CC2)n1)C1CCCN1S(=O)(=O)c1ccc(F)cc1. The highest BCUT2D eigenvalue weighted by Gasteiger charge is 2.39. The molecular weight excluding hydrogens is 622 g/mol. The van der Waals surface area contributed by atoms with Gasteiger partial charge >= 0.3 is 0 Å². The third-order valence-electron chi connectivity index (χ3n) is 8.03. The molecule has 1 aromatic heterocycles. The van der Waals surface area contributed by atoms with Crippen molar-refractivity contribution in [2.45, 2.75) is 30.3 Å².